The maximum Gasteiger partial charge on any atom is 0.312 e. The summed E-state index contributed by atoms with van der Waals surface area (Å²) in [5.74, 6) is -1.12. The summed E-state index contributed by atoms with van der Waals surface area (Å²) in [5, 5.41) is 10.9. The second kappa shape index (κ2) is 6.28. The van der Waals surface area contributed by atoms with E-state index in [1.807, 2.05) is 0 Å². The predicted octanol–water partition coefficient (Wildman–Crippen LogP) is 1.81. The van der Waals surface area contributed by atoms with Gasteiger partial charge in [0.25, 0.3) is 0 Å². The largest absolute Gasteiger partial charge is 0.486 e. The number of amides is 1. The molecule has 0 atom stereocenters. The van der Waals surface area contributed by atoms with Gasteiger partial charge in [-0.25, -0.2) is 0 Å². The van der Waals surface area contributed by atoms with Crippen LogP contribution in [0.25, 0.3) is 0 Å². The van der Waals surface area contributed by atoms with Crippen LogP contribution < -0.4 is 10.5 Å². The van der Waals surface area contributed by atoms with Gasteiger partial charge in [-0.15, -0.1) is 0 Å². The Morgan fingerprint density at radius 2 is 2.11 bits per heavy atom. The lowest BCUT2D eigenvalue weighted by Gasteiger charge is -2.10. The maximum absolute atomic E-state index is 11.5. The number of halogens is 1. The Balaban J connectivity index is 3.19. The first-order valence-electron chi connectivity index (χ1n) is 5.23. The highest BCUT2D eigenvalue weighted by Crippen LogP contribution is 2.35. The second-order valence-electron chi connectivity index (χ2n) is 3.68. The van der Waals surface area contributed by atoms with Gasteiger partial charge >= 0.3 is 5.69 Å². The molecule has 0 aromatic heterocycles. The summed E-state index contributed by atoms with van der Waals surface area (Å²) in [7, 11) is 0. The second-order valence-corrected chi connectivity index (χ2v) is 4.60. The van der Waals surface area contributed by atoms with Crippen molar-refractivity contribution in [2.24, 2.45) is 5.73 Å². The number of ketones is 1. The third-order valence-corrected chi connectivity index (χ3v) is 2.66. The Labute approximate surface area is 117 Å². The number of carbonyl (C=O) groups excluding carboxylic acids is 2. The van der Waals surface area contributed by atoms with Crippen molar-refractivity contribution in [3.8, 4) is 5.75 Å². The molecule has 8 heteroatoms. The van der Waals surface area contributed by atoms with Crippen LogP contribution in [0.15, 0.2) is 16.6 Å². The molecule has 0 heterocycles. The molecule has 0 bridgehead atoms. The molecule has 7 nitrogen and oxygen atoms in total. The molecular weight excluding hydrogens is 320 g/mol. The minimum Gasteiger partial charge on any atom is -0.486 e. The molecular formula is C11H11BrN2O5. The molecule has 1 amide bonds. The van der Waals surface area contributed by atoms with E-state index in [1.165, 1.54) is 19.1 Å². The van der Waals surface area contributed by atoms with Gasteiger partial charge < -0.3 is 10.5 Å². The first kappa shape index (κ1) is 15.1. The first-order chi connectivity index (χ1) is 8.82. The van der Waals surface area contributed by atoms with E-state index in [-0.39, 0.29) is 35.8 Å². The number of rotatable bonds is 6. The van der Waals surface area contributed by atoms with Gasteiger partial charge in [-0.2, -0.15) is 0 Å². The van der Waals surface area contributed by atoms with Gasteiger partial charge in [0.1, 0.15) is 0 Å². The average molecular weight is 331 g/mol. The third-order valence-electron chi connectivity index (χ3n) is 2.20. The molecule has 0 spiro atoms. The van der Waals surface area contributed by atoms with E-state index < -0.39 is 10.8 Å². The Morgan fingerprint density at radius 3 is 2.58 bits per heavy atom. The Kier molecular flexibility index (Phi) is 4.99. The number of nitro groups is 1. The Bertz CT molecular complexity index is 509. The summed E-state index contributed by atoms with van der Waals surface area (Å²) in [5.41, 5.74) is 4.68. The van der Waals surface area contributed by atoms with Gasteiger partial charge in [-0.3, -0.25) is 19.7 Å². The number of primary amides is 1. The number of carbonyl (C=O) groups is 2. The predicted molar refractivity (Wildman–Crippen MR) is 70.1 cm³/mol. The molecule has 0 aliphatic heterocycles. The average Bonchev–Trinajstić information content (AvgIpc) is 2.29. The molecule has 1 aromatic carbocycles. The number of nitro benzene ring substituents is 1. The first-order valence-corrected chi connectivity index (χ1v) is 6.02. The summed E-state index contributed by atoms with van der Waals surface area (Å²) in [6.07, 6.45) is -0.0927. The number of ether oxygens (including phenoxy) is 1. The molecule has 0 fully saturated rings. The molecule has 19 heavy (non-hydrogen) atoms. The van der Waals surface area contributed by atoms with Gasteiger partial charge in [-0.05, 0) is 13.0 Å². The number of hydrogen-bond acceptors (Lipinski definition) is 5. The van der Waals surface area contributed by atoms with E-state index in [0.29, 0.717) is 4.47 Å². The van der Waals surface area contributed by atoms with Crippen LogP contribution in [0.3, 0.4) is 0 Å². The van der Waals surface area contributed by atoms with Crippen molar-refractivity contribution in [3.63, 3.8) is 0 Å². The van der Waals surface area contributed by atoms with E-state index in [0.717, 1.165) is 0 Å². The van der Waals surface area contributed by atoms with Crippen molar-refractivity contribution >= 4 is 33.3 Å². The van der Waals surface area contributed by atoms with Crippen LogP contribution in [0.5, 0.6) is 5.75 Å². The topological polar surface area (TPSA) is 113 Å². The maximum atomic E-state index is 11.5. The summed E-state index contributed by atoms with van der Waals surface area (Å²) in [6, 6.07) is 2.65. The molecule has 0 radical (unpaired) electrons. The minimum absolute atomic E-state index is 0.0746. The summed E-state index contributed by atoms with van der Waals surface area (Å²) < 4.78 is 5.57. The molecule has 1 rings (SSSR count). The van der Waals surface area contributed by atoms with Crippen LogP contribution in [0.1, 0.15) is 23.7 Å². The molecule has 0 saturated carbocycles. The van der Waals surface area contributed by atoms with Gasteiger partial charge in [0.05, 0.1) is 23.5 Å². The number of nitrogens with zero attached hydrogens (tertiary/aromatic N) is 1. The van der Waals surface area contributed by atoms with E-state index >= 15 is 0 Å². The molecule has 0 aliphatic carbocycles. The van der Waals surface area contributed by atoms with Crippen molar-refractivity contribution in [1.82, 2.24) is 0 Å². The van der Waals surface area contributed by atoms with Crippen molar-refractivity contribution in [2.45, 2.75) is 13.3 Å². The highest BCUT2D eigenvalue weighted by Gasteiger charge is 2.23. The Morgan fingerprint density at radius 1 is 1.47 bits per heavy atom. The van der Waals surface area contributed by atoms with Crippen LogP contribution in [-0.2, 0) is 4.79 Å². The van der Waals surface area contributed by atoms with Crippen LogP contribution in [0.4, 0.5) is 5.69 Å². The molecule has 0 unspecified atom stereocenters. The van der Waals surface area contributed by atoms with Crippen molar-refractivity contribution in [1.29, 1.82) is 0 Å². The summed E-state index contributed by atoms with van der Waals surface area (Å²) >= 11 is 3.09. The zero-order valence-corrected chi connectivity index (χ0v) is 11.6. The monoisotopic (exact) mass is 330 g/mol. The fourth-order valence-electron chi connectivity index (χ4n) is 1.38. The zero-order valence-electron chi connectivity index (χ0n) is 10.0. The zero-order chi connectivity index (χ0) is 14.6. The standard InChI is InChI=1S/C11H11BrN2O5/c1-6(15)8-4-7(12)5-9(14(17)18)11(8)19-3-2-10(13)16/h4-5H,2-3H2,1H3,(H2,13,16). The third kappa shape index (κ3) is 4.02. The van der Waals surface area contributed by atoms with Crippen molar-refractivity contribution in [3.05, 3.63) is 32.3 Å². The normalized spacial score (nSPS) is 10.0. The van der Waals surface area contributed by atoms with Crippen LogP contribution in [-0.4, -0.2) is 23.2 Å². The van der Waals surface area contributed by atoms with Gasteiger partial charge in [0.15, 0.2) is 5.78 Å². The van der Waals surface area contributed by atoms with Crippen LogP contribution in [0.2, 0.25) is 0 Å². The van der Waals surface area contributed by atoms with E-state index in [4.69, 9.17) is 10.5 Å². The quantitative estimate of drug-likeness (QED) is 0.485. The summed E-state index contributed by atoms with van der Waals surface area (Å²) in [4.78, 5) is 32.4. The van der Waals surface area contributed by atoms with Crippen molar-refractivity contribution in [2.75, 3.05) is 6.61 Å². The fourth-order valence-corrected chi connectivity index (χ4v) is 1.83. The lowest BCUT2D eigenvalue weighted by molar-refractivity contribution is -0.386. The van der Waals surface area contributed by atoms with Gasteiger partial charge in [0.2, 0.25) is 11.7 Å². The van der Waals surface area contributed by atoms with Gasteiger partial charge in [0, 0.05) is 10.5 Å². The molecule has 0 saturated heterocycles. The molecule has 2 N–H and O–H groups in total. The smallest absolute Gasteiger partial charge is 0.312 e. The summed E-state index contributed by atoms with van der Waals surface area (Å²) in [6.45, 7) is 1.14. The molecule has 1 aromatic rings. The Hall–Kier alpha value is -1.96. The molecule has 102 valence electrons. The van der Waals surface area contributed by atoms with E-state index in [1.54, 1.807) is 0 Å². The lowest BCUT2D eigenvalue weighted by atomic mass is 10.1. The van der Waals surface area contributed by atoms with Crippen molar-refractivity contribution < 1.29 is 19.2 Å². The number of benzene rings is 1. The minimum atomic E-state index is -0.656. The highest BCUT2D eigenvalue weighted by atomic mass is 79.9. The van der Waals surface area contributed by atoms with E-state index in [9.17, 15) is 19.7 Å². The number of nitrogens with two attached hydrogens (primary N) is 1. The van der Waals surface area contributed by atoms with Crippen LogP contribution in [0, 0.1) is 10.1 Å². The van der Waals surface area contributed by atoms with E-state index in [2.05, 4.69) is 15.9 Å². The highest BCUT2D eigenvalue weighted by molar-refractivity contribution is 9.10. The molecule has 0 aliphatic rings. The number of Topliss-reactive ketones (excluding diaryl/α,β-unsaturated/α-hetero) is 1. The lowest BCUT2D eigenvalue weighted by Crippen LogP contribution is -2.15. The number of hydrogen-bond donors (Lipinski definition) is 1. The van der Waals surface area contributed by atoms with Crippen LogP contribution >= 0.6 is 15.9 Å². The van der Waals surface area contributed by atoms with Gasteiger partial charge in [-0.1, -0.05) is 15.9 Å². The fraction of sp³-hybridized carbons (Fsp3) is 0.273. The SMILES string of the molecule is CC(=O)c1cc(Br)cc([N+](=O)[O-])c1OCCC(N)=O.